The molecule has 1 aromatic rings. The van der Waals surface area contributed by atoms with E-state index in [2.05, 4.69) is 11.1 Å². The van der Waals surface area contributed by atoms with Gasteiger partial charge in [-0.25, -0.2) is 0 Å². The molecule has 1 aromatic heterocycles. The normalized spacial score (nSPS) is 16.6. The molecule has 1 amide bonds. The predicted octanol–water partition coefficient (Wildman–Crippen LogP) is 1.53. The van der Waals surface area contributed by atoms with Crippen molar-refractivity contribution < 1.29 is 4.79 Å². The van der Waals surface area contributed by atoms with E-state index >= 15 is 0 Å². The van der Waals surface area contributed by atoms with E-state index < -0.39 is 0 Å². The van der Waals surface area contributed by atoms with E-state index in [1.54, 1.807) is 0 Å². The van der Waals surface area contributed by atoms with Crippen molar-refractivity contribution in [2.24, 2.45) is 11.1 Å². The first-order valence-electron chi connectivity index (χ1n) is 6.71. The van der Waals surface area contributed by atoms with Gasteiger partial charge in [0.15, 0.2) is 0 Å². The lowest BCUT2D eigenvalue weighted by atomic mass is 10.1. The molecule has 0 radical (unpaired) electrons. The summed E-state index contributed by atoms with van der Waals surface area (Å²) in [5.74, 6) is 0.241. The van der Waals surface area contributed by atoms with Crippen LogP contribution in [0.3, 0.4) is 0 Å². The standard InChI is InChI=1S/C14H23N3O/c1-17(11-14(10-15)6-7-14)13(18)4-2-3-12-5-8-16-9-12/h5,8-9,16H,2-4,6-7,10-11,15H2,1H3. The van der Waals surface area contributed by atoms with Crippen LogP contribution in [0.15, 0.2) is 18.5 Å². The largest absolute Gasteiger partial charge is 0.367 e. The molecule has 1 heterocycles. The molecule has 4 nitrogen and oxygen atoms in total. The maximum Gasteiger partial charge on any atom is 0.222 e. The first-order valence-corrected chi connectivity index (χ1v) is 6.71. The predicted molar refractivity (Wildman–Crippen MR) is 72.1 cm³/mol. The molecule has 1 saturated carbocycles. The van der Waals surface area contributed by atoms with E-state index in [0.29, 0.717) is 13.0 Å². The Morgan fingerprint density at radius 2 is 2.33 bits per heavy atom. The van der Waals surface area contributed by atoms with E-state index in [9.17, 15) is 4.79 Å². The van der Waals surface area contributed by atoms with Crippen LogP contribution in [-0.4, -0.2) is 35.9 Å². The zero-order chi connectivity index (χ0) is 13.0. The summed E-state index contributed by atoms with van der Waals surface area (Å²) in [5, 5.41) is 0. The Balaban J connectivity index is 1.67. The number of hydrogen-bond donors (Lipinski definition) is 2. The van der Waals surface area contributed by atoms with Crippen molar-refractivity contribution in [2.75, 3.05) is 20.1 Å². The summed E-state index contributed by atoms with van der Waals surface area (Å²) in [6.07, 6.45) is 8.75. The van der Waals surface area contributed by atoms with Crippen molar-refractivity contribution in [3.63, 3.8) is 0 Å². The maximum absolute atomic E-state index is 12.0. The zero-order valence-electron chi connectivity index (χ0n) is 11.1. The molecule has 2 rings (SSSR count). The molecule has 0 atom stereocenters. The molecule has 0 spiro atoms. The molecule has 18 heavy (non-hydrogen) atoms. The lowest BCUT2D eigenvalue weighted by Gasteiger charge is -2.22. The van der Waals surface area contributed by atoms with E-state index in [1.165, 1.54) is 18.4 Å². The van der Waals surface area contributed by atoms with Gasteiger partial charge in [-0.1, -0.05) is 0 Å². The van der Waals surface area contributed by atoms with Crippen LogP contribution in [0.2, 0.25) is 0 Å². The van der Waals surface area contributed by atoms with Crippen molar-refractivity contribution in [1.29, 1.82) is 0 Å². The first-order chi connectivity index (χ1) is 8.65. The summed E-state index contributed by atoms with van der Waals surface area (Å²) in [6.45, 7) is 1.53. The van der Waals surface area contributed by atoms with Gasteiger partial charge in [0.05, 0.1) is 0 Å². The zero-order valence-corrected chi connectivity index (χ0v) is 11.1. The minimum absolute atomic E-state index is 0.241. The second kappa shape index (κ2) is 5.57. The van der Waals surface area contributed by atoms with Crippen LogP contribution < -0.4 is 5.73 Å². The molecule has 3 N–H and O–H groups in total. The van der Waals surface area contributed by atoms with Crippen molar-refractivity contribution in [3.05, 3.63) is 24.0 Å². The minimum Gasteiger partial charge on any atom is -0.367 e. The van der Waals surface area contributed by atoms with Crippen LogP contribution in [0.25, 0.3) is 0 Å². The molecular weight excluding hydrogens is 226 g/mol. The summed E-state index contributed by atoms with van der Waals surface area (Å²) < 4.78 is 0. The third-order valence-electron chi connectivity index (χ3n) is 3.91. The number of nitrogens with zero attached hydrogens (tertiary/aromatic N) is 1. The number of hydrogen-bond acceptors (Lipinski definition) is 2. The van der Waals surface area contributed by atoms with Crippen LogP contribution in [0, 0.1) is 5.41 Å². The van der Waals surface area contributed by atoms with Crippen LogP contribution in [0.1, 0.15) is 31.2 Å². The highest BCUT2D eigenvalue weighted by Crippen LogP contribution is 2.44. The number of aryl methyl sites for hydroxylation is 1. The summed E-state index contributed by atoms with van der Waals surface area (Å²) in [4.78, 5) is 16.9. The topological polar surface area (TPSA) is 62.1 Å². The summed E-state index contributed by atoms with van der Waals surface area (Å²) >= 11 is 0. The number of rotatable bonds is 7. The average molecular weight is 249 g/mol. The third kappa shape index (κ3) is 3.35. The average Bonchev–Trinajstić information content (AvgIpc) is 2.94. The van der Waals surface area contributed by atoms with Gasteiger partial charge in [0.25, 0.3) is 0 Å². The smallest absolute Gasteiger partial charge is 0.222 e. The molecule has 1 aliphatic rings. The number of carbonyl (C=O) groups is 1. The SMILES string of the molecule is CN(CC1(CN)CC1)C(=O)CCCc1cc[nH]c1. The van der Waals surface area contributed by atoms with Crippen molar-refractivity contribution in [3.8, 4) is 0 Å². The van der Waals surface area contributed by atoms with Gasteiger partial charge in [0, 0.05) is 37.8 Å². The Hall–Kier alpha value is -1.29. The summed E-state index contributed by atoms with van der Waals surface area (Å²) in [5.41, 5.74) is 7.25. The van der Waals surface area contributed by atoms with Gasteiger partial charge in [-0.15, -0.1) is 0 Å². The molecule has 0 aromatic carbocycles. The summed E-state index contributed by atoms with van der Waals surface area (Å²) in [6, 6.07) is 2.06. The summed E-state index contributed by atoms with van der Waals surface area (Å²) in [7, 11) is 1.90. The highest BCUT2D eigenvalue weighted by Gasteiger charge is 2.42. The first kappa shape index (κ1) is 13.1. The lowest BCUT2D eigenvalue weighted by molar-refractivity contribution is -0.130. The number of aromatic nitrogens is 1. The van der Waals surface area contributed by atoms with Crippen LogP contribution >= 0.6 is 0 Å². The van der Waals surface area contributed by atoms with Crippen LogP contribution in [-0.2, 0) is 11.2 Å². The molecule has 4 heteroatoms. The Kier molecular flexibility index (Phi) is 4.07. The van der Waals surface area contributed by atoms with Gasteiger partial charge < -0.3 is 15.6 Å². The quantitative estimate of drug-likeness (QED) is 0.770. The second-order valence-electron chi connectivity index (χ2n) is 5.53. The number of amides is 1. The minimum atomic E-state index is 0.241. The molecule has 0 aliphatic heterocycles. The van der Waals surface area contributed by atoms with Gasteiger partial charge in [0.2, 0.25) is 5.91 Å². The Morgan fingerprint density at radius 3 is 2.89 bits per heavy atom. The van der Waals surface area contributed by atoms with Crippen molar-refractivity contribution in [2.45, 2.75) is 32.1 Å². The fourth-order valence-electron chi connectivity index (χ4n) is 2.34. The number of aromatic amines is 1. The van der Waals surface area contributed by atoms with E-state index in [4.69, 9.17) is 5.73 Å². The molecule has 0 unspecified atom stereocenters. The molecule has 0 saturated heterocycles. The Morgan fingerprint density at radius 1 is 1.56 bits per heavy atom. The van der Waals surface area contributed by atoms with Crippen LogP contribution in [0.5, 0.6) is 0 Å². The lowest BCUT2D eigenvalue weighted by Crippen LogP contribution is -2.35. The molecule has 1 aliphatic carbocycles. The van der Waals surface area contributed by atoms with Gasteiger partial charge in [0.1, 0.15) is 0 Å². The van der Waals surface area contributed by atoms with Gasteiger partial charge in [-0.3, -0.25) is 4.79 Å². The van der Waals surface area contributed by atoms with E-state index in [0.717, 1.165) is 19.4 Å². The van der Waals surface area contributed by atoms with Crippen molar-refractivity contribution in [1.82, 2.24) is 9.88 Å². The molecule has 0 bridgehead atoms. The Bertz CT molecular complexity index is 382. The van der Waals surface area contributed by atoms with Gasteiger partial charge in [-0.2, -0.15) is 0 Å². The highest BCUT2D eigenvalue weighted by atomic mass is 16.2. The van der Waals surface area contributed by atoms with Gasteiger partial charge in [-0.05, 0) is 43.9 Å². The van der Waals surface area contributed by atoms with Gasteiger partial charge >= 0.3 is 0 Å². The van der Waals surface area contributed by atoms with Crippen LogP contribution in [0.4, 0.5) is 0 Å². The fourth-order valence-corrected chi connectivity index (χ4v) is 2.34. The fraction of sp³-hybridized carbons (Fsp3) is 0.643. The van der Waals surface area contributed by atoms with E-state index in [-0.39, 0.29) is 11.3 Å². The highest BCUT2D eigenvalue weighted by molar-refractivity contribution is 5.75. The number of nitrogens with two attached hydrogens (primary N) is 1. The molecule has 1 fully saturated rings. The third-order valence-corrected chi connectivity index (χ3v) is 3.91. The number of carbonyl (C=O) groups excluding carboxylic acids is 1. The Labute approximate surface area is 109 Å². The number of H-pyrrole nitrogens is 1. The monoisotopic (exact) mass is 249 g/mol. The second-order valence-corrected chi connectivity index (χ2v) is 5.53. The van der Waals surface area contributed by atoms with Crippen molar-refractivity contribution >= 4 is 5.91 Å². The molecular formula is C14H23N3O. The van der Waals surface area contributed by atoms with E-state index in [1.807, 2.05) is 24.3 Å². The molecule has 100 valence electrons. The number of nitrogens with one attached hydrogen (secondary N) is 1. The maximum atomic E-state index is 12.0.